The van der Waals surface area contributed by atoms with Crippen molar-refractivity contribution in [3.63, 3.8) is 0 Å². The van der Waals surface area contributed by atoms with Crippen molar-refractivity contribution in [1.82, 2.24) is 0 Å². The first-order valence-electron chi connectivity index (χ1n) is 10.1. The fraction of sp³-hybridized carbons (Fsp3) is 0. The molecule has 0 fully saturated rings. The van der Waals surface area contributed by atoms with Gasteiger partial charge in [-0.15, -0.1) is 0 Å². The Bertz CT molecular complexity index is 875. The van der Waals surface area contributed by atoms with E-state index in [0.29, 0.717) is 0 Å². The van der Waals surface area contributed by atoms with Crippen molar-refractivity contribution in [3.8, 4) is 0 Å². The molecule has 0 amide bonds. The molecule has 0 spiro atoms. The summed E-state index contributed by atoms with van der Waals surface area (Å²) in [5.41, 5.74) is 0. The van der Waals surface area contributed by atoms with Gasteiger partial charge in [0.1, 0.15) is 0 Å². The molecule has 0 aliphatic carbocycles. The Hall–Kier alpha value is -1.91. The zero-order valence-electron chi connectivity index (χ0n) is 18.9. The summed E-state index contributed by atoms with van der Waals surface area (Å²) >= 11 is 0. The third-order valence-corrected chi connectivity index (χ3v) is 4.54. The van der Waals surface area contributed by atoms with Crippen LogP contribution in [0.2, 0.25) is 0 Å². The molecule has 0 aliphatic heterocycles. The van der Waals surface area contributed by atoms with E-state index in [1.807, 2.05) is 0 Å². The van der Waals surface area contributed by atoms with E-state index in [-0.39, 0.29) is 70.3 Å². The first-order chi connectivity index (χ1) is 13.1. The molecule has 0 aromatic heterocycles. The van der Waals surface area contributed by atoms with Crippen LogP contribution in [0.15, 0.2) is 90.8 Å². The minimum Gasteiger partial charge on any atom is -0.0622 e. The van der Waals surface area contributed by atoms with E-state index in [1.54, 1.807) is 0 Å². The van der Waals surface area contributed by atoms with Crippen LogP contribution in [0.4, 0.5) is 0 Å². The van der Waals surface area contributed by atoms with Crippen LogP contribution in [0.1, 0.15) is 12.3 Å². The molecule has 0 radical (unpaired) electrons. The topological polar surface area (TPSA) is 0 Å². The van der Waals surface area contributed by atoms with Gasteiger partial charge in [0.15, 0.2) is 0 Å². The molecular weight excluding hydrogens is 247 g/mol. The smallest absolute Gasteiger partial charge is 0.0622 e. The van der Waals surface area contributed by atoms with Crippen LogP contribution in [0, 0.1) is 0 Å². The highest BCUT2D eigenvalue weighted by Gasteiger charge is 2.14. The maximum atomic E-state index is 8.31. The summed E-state index contributed by atoms with van der Waals surface area (Å²) in [4.78, 5) is 0. The minimum absolute atomic E-state index is 0.0221. The second-order valence-corrected chi connectivity index (χ2v) is 5.63. The van der Waals surface area contributed by atoms with Crippen LogP contribution in [0.3, 0.4) is 0 Å². The first-order valence-corrected chi connectivity index (χ1v) is 6.98. The van der Waals surface area contributed by atoms with Crippen molar-refractivity contribution >= 4 is 23.8 Å². The molecule has 0 heterocycles. The van der Waals surface area contributed by atoms with Crippen molar-refractivity contribution < 1.29 is 12.3 Å². The van der Waals surface area contributed by atoms with Crippen molar-refractivity contribution in [2.45, 2.75) is 0 Å². The van der Waals surface area contributed by atoms with Gasteiger partial charge in [-0.2, -0.15) is 0 Å². The predicted molar refractivity (Wildman–Crippen MR) is 85.1 cm³/mol. The van der Waals surface area contributed by atoms with E-state index >= 15 is 0 Å². The van der Waals surface area contributed by atoms with Crippen molar-refractivity contribution in [2.24, 2.45) is 0 Å². The summed E-state index contributed by atoms with van der Waals surface area (Å²) < 4.78 is 73.0. The molecule has 1 heteroatoms. The molecule has 0 nitrogen and oxygen atoms in total. The highest BCUT2D eigenvalue weighted by atomic mass is 31.1. The highest BCUT2D eigenvalue weighted by molar-refractivity contribution is 7.79. The van der Waals surface area contributed by atoms with Gasteiger partial charge in [-0.05, 0) is 23.8 Å². The van der Waals surface area contributed by atoms with Gasteiger partial charge in [-0.25, -0.2) is 0 Å². The number of hydrogen-bond acceptors (Lipinski definition) is 0. The van der Waals surface area contributed by atoms with Gasteiger partial charge in [0.05, 0.1) is 12.3 Å². The lowest BCUT2D eigenvalue weighted by atomic mass is 10.4. The predicted octanol–water partition coefficient (Wildman–Crippen LogP) is 3.44. The standard InChI is InChI=1S/C18H15P/c1-4-10-16(11-5-1)19(17-12-6-2-7-13-17)18-14-8-3-9-15-18/h1-15H/i1D,2D,3D,10D,11D,12D,13D,14D,15D. The molecule has 92 valence electrons. The third-order valence-electron chi connectivity index (χ3n) is 2.42. The van der Waals surface area contributed by atoms with Crippen molar-refractivity contribution in [1.29, 1.82) is 0 Å². The Morgan fingerprint density at radius 3 is 1.05 bits per heavy atom. The van der Waals surface area contributed by atoms with E-state index in [0.717, 1.165) is 0 Å². The molecule has 3 aromatic rings. The summed E-state index contributed by atoms with van der Waals surface area (Å²) in [6.45, 7) is 0. The molecule has 0 unspecified atom stereocenters. The Labute approximate surface area is 128 Å². The fourth-order valence-corrected chi connectivity index (χ4v) is 3.47. The molecular formula is C18H15P. The third kappa shape index (κ3) is 2.75. The molecule has 0 bridgehead atoms. The van der Waals surface area contributed by atoms with E-state index in [4.69, 9.17) is 12.3 Å². The quantitative estimate of drug-likeness (QED) is 0.640. The van der Waals surface area contributed by atoms with Crippen LogP contribution in [0.25, 0.3) is 0 Å². The second kappa shape index (κ2) is 5.82. The van der Waals surface area contributed by atoms with Gasteiger partial charge < -0.3 is 0 Å². The van der Waals surface area contributed by atoms with Gasteiger partial charge in [0.25, 0.3) is 0 Å². The lowest BCUT2D eigenvalue weighted by molar-refractivity contribution is 1.74. The largest absolute Gasteiger partial charge is 0.0630 e. The van der Waals surface area contributed by atoms with Crippen LogP contribution in [-0.4, -0.2) is 0 Å². The SMILES string of the molecule is [2H]c1cc([2H])c(P(c2c([2H])cc([2H])cc2[2H])c2c([2H])cc([2H])cc2[2H])c([2H])c1. The summed E-state index contributed by atoms with van der Waals surface area (Å²) in [5, 5.41) is 0.432. The van der Waals surface area contributed by atoms with Crippen molar-refractivity contribution in [3.05, 3.63) is 90.8 Å². The zero-order valence-corrected chi connectivity index (χ0v) is 10.8. The van der Waals surface area contributed by atoms with Crippen LogP contribution < -0.4 is 15.9 Å². The zero-order chi connectivity index (χ0) is 20.7. The van der Waals surface area contributed by atoms with E-state index in [9.17, 15) is 0 Å². The maximum absolute atomic E-state index is 8.31. The Balaban J connectivity index is 2.45. The lowest BCUT2D eigenvalue weighted by Gasteiger charge is -2.18. The van der Waals surface area contributed by atoms with E-state index < -0.39 is 7.92 Å². The monoisotopic (exact) mass is 271 g/mol. The number of benzene rings is 3. The van der Waals surface area contributed by atoms with Crippen LogP contribution >= 0.6 is 7.92 Å². The van der Waals surface area contributed by atoms with Crippen LogP contribution in [-0.2, 0) is 0 Å². The molecule has 3 rings (SSSR count). The Morgan fingerprint density at radius 2 is 0.789 bits per heavy atom. The first kappa shape index (κ1) is 5.61. The fourth-order valence-electron chi connectivity index (χ4n) is 1.63. The molecule has 19 heavy (non-hydrogen) atoms. The summed E-state index contributed by atoms with van der Waals surface area (Å²) in [7, 11) is -1.98. The summed E-state index contributed by atoms with van der Waals surface area (Å²) in [6, 6.07) is 6.64. The van der Waals surface area contributed by atoms with Gasteiger partial charge >= 0.3 is 0 Å². The average Bonchev–Trinajstić information content (AvgIpc) is 2.51. The summed E-state index contributed by atoms with van der Waals surface area (Å²) in [5.74, 6) is 0. The molecule has 0 atom stereocenters. The Kier molecular flexibility index (Phi) is 1.72. The molecule has 0 N–H and O–H groups in total. The summed E-state index contributed by atoms with van der Waals surface area (Å²) in [6.07, 6.45) is 0. The van der Waals surface area contributed by atoms with Gasteiger partial charge in [0, 0.05) is 0 Å². The van der Waals surface area contributed by atoms with Gasteiger partial charge in [0.2, 0.25) is 0 Å². The molecule has 0 saturated carbocycles. The highest BCUT2D eigenvalue weighted by Crippen LogP contribution is 2.32. The maximum Gasteiger partial charge on any atom is 0.0630 e. The second-order valence-electron chi connectivity index (χ2n) is 3.61. The molecule has 3 aromatic carbocycles. The number of rotatable bonds is 3. The Morgan fingerprint density at radius 1 is 0.526 bits per heavy atom. The van der Waals surface area contributed by atoms with E-state index in [2.05, 4.69) is 0 Å². The van der Waals surface area contributed by atoms with Crippen molar-refractivity contribution in [2.75, 3.05) is 0 Å². The normalized spacial score (nSPS) is 17.2. The van der Waals surface area contributed by atoms with Crippen LogP contribution in [0.5, 0.6) is 0 Å². The van der Waals surface area contributed by atoms with E-state index in [1.165, 1.54) is 36.4 Å². The van der Waals surface area contributed by atoms with Gasteiger partial charge in [-0.1, -0.05) is 90.8 Å². The number of hydrogen-bond donors (Lipinski definition) is 0. The molecule has 0 aliphatic rings. The minimum atomic E-state index is -1.98. The molecule has 0 saturated heterocycles. The van der Waals surface area contributed by atoms with Gasteiger partial charge in [-0.3, -0.25) is 0 Å². The lowest BCUT2D eigenvalue weighted by Crippen LogP contribution is -2.20. The average molecular weight is 271 g/mol.